The maximum atomic E-state index is 9.88. The monoisotopic (exact) mass is 295 g/mol. The summed E-state index contributed by atoms with van der Waals surface area (Å²) in [5.41, 5.74) is 0. The molecule has 0 aromatic heterocycles. The number of nitrogens with one attached hydrogen (secondary N) is 1. The Morgan fingerprint density at radius 1 is 1.38 bits per heavy atom. The molecule has 0 saturated heterocycles. The maximum absolute atomic E-state index is 9.88. The number of hydrogen-bond acceptors (Lipinski definition) is 2. The summed E-state index contributed by atoms with van der Waals surface area (Å²) in [6.07, 6.45) is 9.76. The summed E-state index contributed by atoms with van der Waals surface area (Å²) in [5, 5.41) is 13.2. The number of allylic oxidation sites excluding steroid dienone is 1. The van der Waals surface area contributed by atoms with E-state index in [4.69, 9.17) is 4.99 Å². The third-order valence-electron chi connectivity index (χ3n) is 4.19. The summed E-state index contributed by atoms with van der Waals surface area (Å²) in [6, 6.07) is 0. The Bertz CT molecular complexity index is 317. The molecule has 122 valence electrons. The van der Waals surface area contributed by atoms with Gasteiger partial charge in [-0.05, 0) is 39.0 Å². The lowest BCUT2D eigenvalue weighted by atomic mass is 10.1. The van der Waals surface area contributed by atoms with Gasteiger partial charge in [-0.1, -0.05) is 18.9 Å². The van der Waals surface area contributed by atoms with E-state index < -0.39 is 0 Å². The zero-order valence-corrected chi connectivity index (χ0v) is 13.9. The van der Waals surface area contributed by atoms with E-state index in [0.29, 0.717) is 5.92 Å². The smallest absolute Gasteiger partial charge is 0.193 e. The van der Waals surface area contributed by atoms with Gasteiger partial charge in [0.15, 0.2) is 5.96 Å². The van der Waals surface area contributed by atoms with Crippen molar-refractivity contribution in [2.24, 2.45) is 10.9 Å². The molecule has 0 bridgehead atoms. The van der Waals surface area contributed by atoms with Gasteiger partial charge in [-0.15, -0.1) is 6.58 Å². The van der Waals surface area contributed by atoms with Crippen molar-refractivity contribution in [1.82, 2.24) is 10.2 Å². The third kappa shape index (κ3) is 6.98. The van der Waals surface area contributed by atoms with Crippen LogP contribution < -0.4 is 5.32 Å². The Morgan fingerprint density at radius 3 is 2.81 bits per heavy atom. The summed E-state index contributed by atoms with van der Waals surface area (Å²) in [5.74, 6) is 1.32. The molecule has 0 aromatic carbocycles. The number of aliphatic hydroxyl groups is 1. The van der Waals surface area contributed by atoms with Crippen LogP contribution in [-0.2, 0) is 0 Å². The largest absolute Gasteiger partial charge is 0.393 e. The van der Waals surface area contributed by atoms with E-state index in [9.17, 15) is 5.11 Å². The molecule has 1 fully saturated rings. The second-order valence-corrected chi connectivity index (χ2v) is 6.01. The van der Waals surface area contributed by atoms with Crippen LogP contribution in [0.2, 0.25) is 0 Å². The minimum Gasteiger partial charge on any atom is -0.393 e. The fourth-order valence-electron chi connectivity index (χ4n) is 2.82. The van der Waals surface area contributed by atoms with Crippen LogP contribution in [-0.4, -0.2) is 48.8 Å². The number of aliphatic hydroxyl groups excluding tert-OH is 1. The van der Waals surface area contributed by atoms with Crippen LogP contribution in [0.5, 0.6) is 0 Å². The number of hydrogen-bond donors (Lipinski definition) is 2. The highest BCUT2D eigenvalue weighted by molar-refractivity contribution is 5.79. The van der Waals surface area contributed by atoms with Gasteiger partial charge in [-0.25, -0.2) is 0 Å². The zero-order chi connectivity index (χ0) is 15.5. The standard InChI is InChI=1S/C17H33N3O/c1-4-6-7-8-9-13-20(3)17(18-5-2)19-14-15-11-10-12-16(15)21/h4,15-16,21H,1,5-14H2,2-3H3,(H,18,19). The molecular weight excluding hydrogens is 262 g/mol. The van der Waals surface area contributed by atoms with Crippen LogP contribution in [0.15, 0.2) is 17.6 Å². The quantitative estimate of drug-likeness (QED) is 0.298. The molecule has 1 saturated carbocycles. The topological polar surface area (TPSA) is 47.9 Å². The lowest BCUT2D eigenvalue weighted by Crippen LogP contribution is -2.40. The van der Waals surface area contributed by atoms with E-state index in [0.717, 1.165) is 51.3 Å². The lowest BCUT2D eigenvalue weighted by Gasteiger charge is -2.23. The average molecular weight is 295 g/mol. The number of rotatable bonds is 9. The predicted molar refractivity (Wildman–Crippen MR) is 90.6 cm³/mol. The molecule has 1 aliphatic rings. The highest BCUT2D eigenvalue weighted by atomic mass is 16.3. The van der Waals surface area contributed by atoms with Crippen molar-refractivity contribution in [3.05, 3.63) is 12.7 Å². The van der Waals surface area contributed by atoms with Crippen LogP contribution in [0.3, 0.4) is 0 Å². The minimum atomic E-state index is -0.152. The van der Waals surface area contributed by atoms with Gasteiger partial charge in [0.1, 0.15) is 0 Å². The van der Waals surface area contributed by atoms with Crippen LogP contribution in [0, 0.1) is 5.92 Å². The number of guanidine groups is 1. The zero-order valence-electron chi connectivity index (χ0n) is 13.9. The third-order valence-corrected chi connectivity index (χ3v) is 4.19. The van der Waals surface area contributed by atoms with Crippen molar-refractivity contribution in [3.8, 4) is 0 Å². The average Bonchev–Trinajstić information content (AvgIpc) is 2.88. The van der Waals surface area contributed by atoms with E-state index in [1.807, 2.05) is 6.08 Å². The van der Waals surface area contributed by atoms with Crippen LogP contribution in [0.4, 0.5) is 0 Å². The highest BCUT2D eigenvalue weighted by Gasteiger charge is 2.24. The molecule has 2 unspecified atom stereocenters. The van der Waals surface area contributed by atoms with Gasteiger partial charge < -0.3 is 15.3 Å². The molecule has 0 heterocycles. The summed E-state index contributed by atoms with van der Waals surface area (Å²) < 4.78 is 0. The molecule has 4 heteroatoms. The molecule has 2 atom stereocenters. The van der Waals surface area contributed by atoms with Crippen molar-refractivity contribution < 1.29 is 5.11 Å². The maximum Gasteiger partial charge on any atom is 0.193 e. The van der Waals surface area contributed by atoms with Gasteiger partial charge in [-0.3, -0.25) is 4.99 Å². The van der Waals surface area contributed by atoms with Crippen molar-refractivity contribution in [3.63, 3.8) is 0 Å². The van der Waals surface area contributed by atoms with Crippen molar-refractivity contribution in [2.75, 3.05) is 26.7 Å². The fourth-order valence-corrected chi connectivity index (χ4v) is 2.82. The Balaban J connectivity index is 2.37. The molecule has 1 rings (SSSR count). The molecular formula is C17H33N3O. The van der Waals surface area contributed by atoms with E-state index >= 15 is 0 Å². The summed E-state index contributed by atoms with van der Waals surface area (Å²) >= 11 is 0. The molecule has 0 amide bonds. The summed E-state index contributed by atoms with van der Waals surface area (Å²) in [4.78, 5) is 6.92. The van der Waals surface area contributed by atoms with Crippen molar-refractivity contribution in [2.45, 2.75) is 58.0 Å². The van der Waals surface area contributed by atoms with Gasteiger partial charge in [-0.2, -0.15) is 0 Å². The molecule has 0 aromatic rings. The lowest BCUT2D eigenvalue weighted by molar-refractivity contribution is 0.136. The molecule has 0 radical (unpaired) electrons. The van der Waals surface area contributed by atoms with Gasteiger partial charge >= 0.3 is 0 Å². The van der Waals surface area contributed by atoms with E-state index in [-0.39, 0.29) is 6.10 Å². The number of aliphatic imine (C=N–C) groups is 1. The van der Waals surface area contributed by atoms with Crippen molar-refractivity contribution in [1.29, 1.82) is 0 Å². The molecule has 2 N–H and O–H groups in total. The first-order valence-electron chi connectivity index (χ1n) is 8.47. The second-order valence-electron chi connectivity index (χ2n) is 6.01. The predicted octanol–water partition coefficient (Wildman–Crippen LogP) is 2.79. The highest BCUT2D eigenvalue weighted by Crippen LogP contribution is 2.25. The molecule has 1 aliphatic carbocycles. The van der Waals surface area contributed by atoms with Gasteiger partial charge in [0.05, 0.1) is 6.10 Å². The van der Waals surface area contributed by atoms with Crippen LogP contribution >= 0.6 is 0 Å². The SMILES string of the molecule is C=CCCCCCN(C)C(=NCC1CCCC1O)NCC. The Morgan fingerprint density at radius 2 is 2.19 bits per heavy atom. The Labute approximate surface area is 130 Å². The first-order valence-corrected chi connectivity index (χ1v) is 8.47. The summed E-state index contributed by atoms with van der Waals surface area (Å²) in [6.45, 7) is 8.50. The normalized spacial score (nSPS) is 22.3. The first kappa shape index (κ1) is 18.0. The Kier molecular flexibility index (Phi) is 9.15. The second kappa shape index (κ2) is 10.7. The molecule has 4 nitrogen and oxygen atoms in total. The molecule has 0 aliphatic heterocycles. The number of nitrogens with zero attached hydrogens (tertiary/aromatic N) is 2. The van der Waals surface area contributed by atoms with Crippen LogP contribution in [0.25, 0.3) is 0 Å². The van der Waals surface area contributed by atoms with E-state index in [1.165, 1.54) is 19.3 Å². The Hall–Kier alpha value is -1.03. The van der Waals surface area contributed by atoms with E-state index in [1.54, 1.807) is 0 Å². The minimum absolute atomic E-state index is 0.152. The molecule has 0 spiro atoms. The molecule has 21 heavy (non-hydrogen) atoms. The van der Waals surface area contributed by atoms with Gasteiger partial charge in [0.25, 0.3) is 0 Å². The number of unbranched alkanes of at least 4 members (excludes halogenated alkanes) is 3. The van der Waals surface area contributed by atoms with E-state index in [2.05, 4.69) is 30.8 Å². The first-order chi connectivity index (χ1) is 10.2. The van der Waals surface area contributed by atoms with Crippen molar-refractivity contribution >= 4 is 5.96 Å². The summed E-state index contributed by atoms with van der Waals surface area (Å²) in [7, 11) is 2.10. The van der Waals surface area contributed by atoms with Gasteiger partial charge in [0.2, 0.25) is 0 Å². The fraction of sp³-hybridized carbons (Fsp3) is 0.824. The van der Waals surface area contributed by atoms with Gasteiger partial charge in [0, 0.05) is 32.6 Å². The van der Waals surface area contributed by atoms with Crippen LogP contribution in [0.1, 0.15) is 51.9 Å².